The SMILES string of the molecule is Cc1ccc(C(=O)c2ccccc2C(=O)OCC(=O)Nc2ccc(Cl)cc2[N+](=O)[O-])cc1C. The Morgan fingerprint density at radius 2 is 1.67 bits per heavy atom. The molecule has 0 saturated carbocycles. The van der Waals surface area contributed by atoms with Gasteiger partial charge in [-0.25, -0.2) is 4.79 Å². The number of esters is 1. The maximum absolute atomic E-state index is 13.0. The number of nitro benzene ring substituents is 1. The van der Waals surface area contributed by atoms with Gasteiger partial charge in [-0.3, -0.25) is 19.7 Å². The van der Waals surface area contributed by atoms with Gasteiger partial charge in [-0.2, -0.15) is 0 Å². The Morgan fingerprint density at radius 3 is 2.33 bits per heavy atom. The van der Waals surface area contributed by atoms with Crippen molar-refractivity contribution < 1.29 is 24.0 Å². The summed E-state index contributed by atoms with van der Waals surface area (Å²) in [6.45, 7) is 3.11. The zero-order chi connectivity index (χ0) is 24.1. The third-order valence-corrected chi connectivity index (χ3v) is 5.16. The topological polar surface area (TPSA) is 116 Å². The maximum atomic E-state index is 13.0. The van der Waals surface area contributed by atoms with Gasteiger partial charge in [0.2, 0.25) is 0 Å². The quantitative estimate of drug-likeness (QED) is 0.229. The van der Waals surface area contributed by atoms with Crippen LogP contribution >= 0.6 is 11.6 Å². The van der Waals surface area contributed by atoms with Crippen molar-refractivity contribution in [2.45, 2.75) is 13.8 Å². The van der Waals surface area contributed by atoms with Crippen molar-refractivity contribution >= 4 is 40.6 Å². The first-order valence-electron chi connectivity index (χ1n) is 9.79. The average molecular weight is 467 g/mol. The second-order valence-electron chi connectivity index (χ2n) is 7.22. The van der Waals surface area contributed by atoms with Gasteiger partial charge in [-0.1, -0.05) is 41.9 Å². The summed E-state index contributed by atoms with van der Waals surface area (Å²) in [4.78, 5) is 48.3. The molecule has 0 atom stereocenters. The van der Waals surface area contributed by atoms with Crippen LogP contribution in [0.5, 0.6) is 0 Å². The van der Waals surface area contributed by atoms with E-state index in [2.05, 4.69) is 5.32 Å². The number of anilines is 1. The van der Waals surface area contributed by atoms with E-state index in [-0.39, 0.29) is 27.6 Å². The Morgan fingerprint density at radius 1 is 0.970 bits per heavy atom. The van der Waals surface area contributed by atoms with Crippen LogP contribution in [0.2, 0.25) is 5.02 Å². The van der Waals surface area contributed by atoms with Gasteiger partial charge in [0, 0.05) is 22.2 Å². The molecule has 1 amide bonds. The number of hydrogen-bond acceptors (Lipinski definition) is 6. The standard InChI is InChI=1S/C24H19ClN2O6/c1-14-7-8-16(11-15(14)2)23(29)18-5-3-4-6-19(18)24(30)33-13-22(28)26-20-10-9-17(25)12-21(20)27(31)32/h3-12H,13H2,1-2H3,(H,26,28). The Balaban J connectivity index is 1.73. The largest absolute Gasteiger partial charge is 0.452 e. The van der Waals surface area contributed by atoms with Crippen molar-refractivity contribution in [3.05, 3.63) is 104 Å². The van der Waals surface area contributed by atoms with Crippen LogP contribution in [0.15, 0.2) is 60.7 Å². The van der Waals surface area contributed by atoms with Crippen LogP contribution < -0.4 is 5.32 Å². The highest BCUT2D eigenvalue weighted by molar-refractivity contribution is 6.31. The number of benzene rings is 3. The summed E-state index contributed by atoms with van der Waals surface area (Å²) >= 11 is 5.75. The summed E-state index contributed by atoms with van der Waals surface area (Å²) in [5.74, 6) is -2.01. The van der Waals surface area contributed by atoms with E-state index >= 15 is 0 Å². The van der Waals surface area contributed by atoms with Gasteiger partial charge in [-0.15, -0.1) is 0 Å². The summed E-state index contributed by atoms with van der Waals surface area (Å²) in [5.41, 5.74) is 2.05. The zero-order valence-electron chi connectivity index (χ0n) is 17.8. The number of ether oxygens (including phenoxy) is 1. The van der Waals surface area contributed by atoms with E-state index in [4.69, 9.17) is 16.3 Å². The highest BCUT2D eigenvalue weighted by atomic mass is 35.5. The number of hydrogen-bond donors (Lipinski definition) is 1. The minimum Gasteiger partial charge on any atom is -0.452 e. The molecule has 0 aliphatic carbocycles. The van der Waals surface area contributed by atoms with Gasteiger partial charge in [-0.05, 0) is 49.2 Å². The molecule has 168 valence electrons. The smallest absolute Gasteiger partial charge is 0.339 e. The van der Waals surface area contributed by atoms with Gasteiger partial charge in [0.15, 0.2) is 12.4 Å². The number of carbonyl (C=O) groups excluding carboxylic acids is 3. The van der Waals surface area contributed by atoms with Crippen LogP contribution in [-0.2, 0) is 9.53 Å². The lowest BCUT2D eigenvalue weighted by Crippen LogP contribution is -2.22. The molecule has 9 heteroatoms. The monoisotopic (exact) mass is 466 g/mol. The van der Waals surface area contributed by atoms with Gasteiger partial charge >= 0.3 is 5.97 Å². The second-order valence-corrected chi connectivity index (χ2v) is 7.65. The molecule has 3 rings (SSSR count). The molecule has 0 spiro atoms. The molecule has 0 saturated heterocycles. The third kappa shape index (κ3) is 5.61. The number of ketones is 1. The Kier molecular flexibility index (Phi) is 7.20. The molecule has 0 unspecified atom stereocenters. The number of nitrogens with zero attached hydrogens (tertiary/aromatic N) is 1. The van der Waals surface area contributed by atoms with Crippen LogP contribution in [0.4, 0.5) is 11.4 Å². The van der Waals surface area contributed by atoms with E-state index in [1.807, 2.05) is 19.9 Å². The number of carbonyl (C=O) groups is 3. The first kappa shape index (κ1) is 23.6. The Hall–Kier alpha value is -4.04. The lowest BCUT2D eigenvalue weighted by Gasteiger charge is -2.10. The predicted molar refractivity (Wildman–Crippen MR) is 123 cm³/mol. The molecule has 0 radical (unpaired) electrons. The van der Waals surface area contributed by atoms with Crippen molar-refractivity contribution in [1.29, 1.82) is 0 Å². The molecule has 8 nitrogen and oxygen atoms in total. The Bertz CT molecular complexity index is 1270. The van der Waals surface area contributed by atoms with Crippen molar-refractivity contribution in [2.75, 3.05) is 11.9 Å². The van der Waals surface area contributed by atoms with Crippen LogP contribution in [-0.4, -0.2) is 29.2 Å². The number of halogens is 1. The summed E-state index contributed by atoms with van der Waals surface area (Å²) in [7, 11) is 0. The van der Waals surface area contributed by atoms with Crippen molar-refractivity contribution in [2.24, 2.45) is 0 Å². The maximum Gasteiger partial charge on any atom is 0.339 e. The van der Waals surface area contributed by atoms with Crippen LogP contribution in [0.1, 0.15) is 37.4 Å². The molecule has 0 fully saturated rings. The second kappa shape index (κ2) is 10.1. The minimum absolute atomic E-state index is 0.00556. The fraction of sp³-hybridized carbons (Fsp3) is 0.125. The number of amides is 1. The molecule has 0 heterocycles. The van der Waals surface area contributed by atoms with Crippen LogP contribution in [0.3, 0.4) is 0 Å². The summed E-state index contributed by atoms with van der Waals surface area (Å²) < 4.78 is 5.06. The molecule has 3 aromatic carbocycles. The molecular weight excluding hydrogens is 448 g/mol. The fourth-order valence-electron chi connectivity index (χ4n) is 3.05. The lowest BCUT2D eigenvalue weighted by molar-refractivity contribution is -0.383. The molecule has 0 aliphatic rings. The van der Waals surface area contributed by atoms with Crippen molar-refractivity contribution in [3.8, 4) is 0 Å². The highest BCUT2D eigenvalue weighted by Crippen LogP contribution is 2.27. The normalized spacial score (nSPS) is 10.4. The van der Waals surface area contributed by atoms with Crippen LogP contribution in [0, 0.1) is 24.0 Å². The van der Waals surface area contributed by atoms with E-state index in [9.17, 15) is 24.5 Å². The summed E-state index contributed by atoms with van der Waals surface area (Å²) in [6, 6.07) is 15.1. The van der Waals surface area contributed by atoms with E-state index in [0.717, 1.165) is 17.2 Å². The molecule has 0 bridgehead atoms. The third-order valence-electron chi connectivity index (χ3n) is 4.93. The summed E-state index contributed by atoms with van der Waals surface area (Å²) in [5, 5.41) is 13.6. The van der Waals surface area contributed by atoms with E-state index in [1.54, 1.807) is 24.3 Å². The first-order valence-corrected chi connectivity index (χ1v) is 10.2. The zero-order valence-corrected chi connectivity index (χ0v) is 18.5. The number of rotatable bonds is 7. The summed E-state index contributed by atoms with van der Waals surface area (Å²) in [6.07, 6.45) is 0. The van der Waals surface area contributed by atoms with Crippen molar-refractivity contribution in [3.63, 3.8) is 0 Å². The average Bonchev–Trinajstić information content (AvgIpc) is 2.79. The van der Waals surface area contributed by atoms with Gasteiger partial charge in [0.25, 0.3) is 11.6 Å². The van der Waals surface area contributed by atoms with Crippen LogP contribution in [0.25, 0.3) is 0 Å². The van der Waals surface area contributed by atoms with Gasteiger partial charge in [0.1, 0.15) is 5.69 Å². The lowest BCUT2D eigenvalue weighted by atomic mass is 9.96. The number of aryl methyl sites for hydroxylation is 2. The van der Waals surface area contributed by atoms with Gasteiger partial charge in [0.05, 0.1) is 10.5 Å². The Labute approximate surface area is 194 Å². The molecule has 0 aliphatic heterocycles. The van der Waals surface area contributed by atoms with Gasteiger partial charge < -0.3 is 10.1 Å². The van der Waals surface area contributed by atoms with E-state index in [1.165, 1.54) is 24.3 Å². The van der Waals surface area contributed by atoms with Crippen molar-refractivity contribution in [1.82, 2.24) is 0 Å². The molecule has 0 aromatic heterocycles. The molecule has 33 heavy (non-hydrogen) atoms. The molecular formula is C24H19ClN2O6. The fourth-order valence-corrected chi connectivity index (χ4v) is 3.22. The molecule has 3 aromatic rings. The first-order chi connectivity index (χ1) is 15.7. The van der Waals surface area contributed by atoms with E-state index in [0.29, 0.717) is 5.56 Å². The number of nitrogens with one attached hydrogen (secondary N) is 1. The molecule has 1 N–H and O–H groups in total. The highest BCUT2D eigenvalue weighted by Gasteiger charge is 2.21. The minimum atomic E-state index is -0.872. The van der Waals surface area contributed by atoms with E-state index < -0.39 is 29.1 Å². The predicted octanol–water partition coefficient (Wildman–Crippen LogP) is 4.89. The number of nitro groups is 1.